The number of fused-ring (bicyclic) bond motifs is 1. The monoisotopic (exact) mass is 368 g/mol. The maximum atomic E-state index is 12.0. The van der Waals surface area contributed by atoms with Gasteiger partial charge in [0, 0.05) is 18.0 Å². The number of carbonyl (C=O) groups is 1. The zero-order valence-electron chi connectivity index (χ0n) is 13.9. The van der Waals surface area contributed by atoms with E-state index in [1.807, 2.05) is 36.9 Å². The van der Waals surface area contributed by atoms with E-state index in [-0.39, 0.29) is 35.3 Å². The summed E-state index contributed by atoms with van der Waals surface area (Å²) in [5.41, 5.74) is 3.02. The number of amides is 1. The number of carbonyl (C=O) groups excluding carboxylic acids is 1. The smallest absolute Gasteiger partial charge is 0.274 e. The van der Waals surface area contributed by atoms with Crippen LogP contribution in [0.2, 0.25) is 0 Å². The van der Waals surface area contributed by atoms with Gasteiger partial charge in [-0.25, -0.2) is 8.42 Å². The molecule has 2 heterocycles. The van der Waals surface area contributed by atoms with Crippen molar-refractivity contribution < 1.29 is 17.9 Å². The third kappa shape index (κ3) is 3.36. The summed E-state index contributed by atoms with van der Waals surface area (Å²) in [6, 6.07) is 5.84. The molecule has 0 bridgehead atoms. The van der Waals surface area contributed by atoms with E-state index in [1.54, 1.807) is 0 Å². The molecule has 0 unspecified atom stereocenters. The minimum atomic E-state index is -3.06. The summed E-state index contributed by atoms with van der Waals surface area (Å²) >= 11 is 1.38. The normalized spacial score (nSPS) is 26.8. The third-order valence-electron chi connectivity index (χ3n) is 4.18. The summed E-state index contributed by atoms with van der Waals surface area (Å²) < 4.78 is 28.9. The molecule has 0 saturated carbocycles. The highest BCUT2D eigenvalue weighted by atomic mass is 32.2. The highest BCUT2D eigenvalue weighted by molar-refractivity contribution is 8.16. The molecule has 0 N–H and O–H groups in total. The van der Waals surface area contributed by atoms with E-state index in [0.717, 1.165) is 16.8 Å². The second kappa shape index (κ2) is 6.50. The van der Waals surface area contributed by atoms with Crippen molar-refractivity contribution in [3.05, 3.63) is 29.3 Å². The van der Waals surface area contributed by atoms with E-state index in [1.165, 1.54) is 18.9 Å². The van der Waals surface area contributed by atoms with Crippen molar-refractivity contribution in [1.29, 1.82) is 0 Å². The van der Waals surface area contributed by atoms with Crippen molar-refractivity contribution >= 4 is 38.4 Å². The van der Waals surface area contributed by atoms with Crippen LogP contribution in [0, 0.1) is 13.8 Å². The fourth-order valence-corrected chi connectivity index (χ4v) is 7.01. The van der Waals surface area contributed by atoms with Crippen LogP contribution in [-0.4, -0.2) is 56.0 Å². The predicted molar refractivity (Wildman–Crippen MR) is 96.5 cm³/mol. The molecule has 1 aromatic carbocycles. The van der Waals surface area contributed by atoms with Crippen LogP contribution in [0.25, 0.3) is 0 Å². The molecule has 0 aromatic heterocycles. The number of rotatable bonds is 3. The lowest BCUT2D eigenvalue weighted by atomic mass is 10.1. The molecule has 2 saturated heterocycles. The molecule has 8 heteroatoms. The van der Waals surface area contributed by atoms with E-state index in [2.05, 4.69) is 4.99 Å². The molecule has 0 radical (unpaired) electrons. The lowest BCUT2D eigenvalue weighted by Crippen LogP contribution is -2.38. The van der Waals surface area contributed by atoms with E-state index < -0.39 is 9.84 Å². The molecule has 2 fully saturated rings. The van der Waals surface area contributed by atoms with Gasteiger partial charge in [-0.05, 0) is 31.0 Å². The van der Waals surface area contributed by atoms with Gasteiger partial charge < -0.3 is 9.64 Å². The summed E-state index contributed by atoms with van der Waals surface area (Å²) in [7, 11) is -1.61. The van der Waals surface area contributed by atoms with Crippen LogP contribution in [0.5, 0.6) is 0 Å². The highest BCUT2D eigenvalue weighted by Crippen LogP contribution is 2.42. The van der Waals surface area contributed by atoms with Gasteiger partial charge in [-0.15, -0.1) is 0 Å². The van der Waals surface area contributed by atoms with Crippen molar-refractivity contribution in [2.45, 2.75) is 25.1 Å². The van der Waals surface area contributed by atoms with Gasteiger partial charge >= 0.3 is 0 Å². The Bertz CT molecular complexity index is 804. The Morgan fingerprint density at radius 2 is 2.12 bits per heavy atom. The van der Waals surface area contributed by atoms with Gasteiger partial charge in [0.25, 0.3) is 5.91 Å². The SMILES string of the molecule is COCC(=O)N=C1S[C@@H]2CS(=O)(=O)C[C@H]2N1c1cc(C)ccc1C. The van der Waals surface area contributed by atoms with E-state index >= 15 is 0 Å². The number of aryl methyl sites for hydroxylation is 2. The molecular weight excluding hydrogens is 348 g/mol. The van der Waals surface area contributed by atoms with Gasteiger partial charge in [0.2, 0.25) is 0 Å². The number of nitrogens with zero attached hydrogens (tertiary/aromatic N) is 2. The molecule has 2 atom stereocenters. The number of amidine groups is 1. The number of benzene rings is 1. The Hall–Kier alpha value is -1.38. The Labute approximate surface area is 146 Å². The van der Waals surface area contributed by atoms with Crippen molar-refractivity contribution in [3.63, 3.8) is 0 Å². The average molecular weight is 368 g/mol. The van der Waals surface area contributed by atoms with E-state index in [9.17, 15) is 13.2 Å². The molecule has 2 aliphatic rings. The van der Waals surface area contributed by atoms with Gasteiger partial charge in [0.15, 0.2) is 15.0 Å². The van der Waals surface area contributed by atoms with Crippen molar-refractivity contribution in [2.24, 2.45) is 4.99 Å². The highest BCUT2D eigenvalue weighted by Gasteiger charge is 2.49. The molecule has 1 aromatic rings. The maximum Gasteiger partial charge on any atom is 0.274 e. The molecule has 1 amide bonds. The number of hydrogen-bond donors (Lipinski definition) is 0. The fraction of sp³-hybridized carbons (Fsp3) is 0.500. The molecule has 3 rings (SSSR count). The molecule has 0 spiro atoms. The second-order valence-corrected chi connectivity index (χ2v) is 9.54. The lowest BCUT2D eigenvalue weighted by Gasteiger charge is -2.26. The average Bonchev–Trinajstić information content (AvgIpc) is 2.93. The number of ether oxygens (including phenoxy) is 1. The Morgan fingerprint density at radius 1 is 1.38 bits per heavy atom. The number of aliphatic imine (C=N–C) groups is 1. The number of anilines is 1. The summed E-state index contributed by atoms with van der Waals surface area (Å²) in [5, 5.41) is 0.472. The lowest BCUT2D eigenvalue weighted by molar-refractivity contribution is -0.121. The van der Waals surface area contributed by atoms with Gasteiger partial charge in [0.05, 0.1) is 17.5 Å². The topological polar surface area (TPSA) is 76.0 Å². The van der Waals surface area contributed by atoms with E-state index in [4.69, 9.17) is 4.74 Å². The van der Waals surface area contributed by atoms with E-state index in [0.29, 0.717) is 5.17 Å². The molecule has 6 nitrogen and oxygen atoms in total. The Kier molecular flexibility index (Phi) is 4.72. The van der Waals surface area contributed by atoms with Gasteiger partial charge in [-0.2, -0.15) is 4.99 Å². The fourth-order valence-electron chi connectivity index (χ4n) is 3.09. The van der Waals surface area contributed by atoms with Crippen LogP contribution in [-0.2, 0) is 19.4 Å². The number of thioether (sulfide) groups is 1. The summed E-state index contributed by atoms with van der Waals surface area (Å²) in [6.45, 7) is 3.88. The molecule has 2 aliphatic heterocycles. The van der Waals surface area contributed by atoms with Gasteiger partial charge in [-0.1, -0.05) is 23.9 Å². The minimum Gasteiger partial charge on any atom is -0.375 e. The summed E-state index contributed by atoms with van der Waals surface area (Å²) in [4.78, 5) is 18.0. The van der Waals surface area contributed by atoms with Crippen LogP contribution in [0.3, 0.4) is 0 Å². The van der Waals surface area contributed by atoms with Crippen LogP contribution >= 0.6 is 11.8 Å². The van der Waals surface area contributed by atoms with Crippen molar-refractivity contribution in [1.82, 2.24) is 0 Å². The molecule has 130 valence electrons. The molecular formula is C16H20N2O4S2. The van der Waals surface area contributed by atoms with Gasteiger partial charge in [0.1, 0.15) is 6.61 Å². The first-order valence-corrected chi connectivity index (χ1v) is 10.3. The number of hydrogen-bond acceptors (Lipinski definition) is 5. The van der Waals surface area contributed by atoms with Crippen molar-refractivity contribution in [3.8, 4) is 0 Å². The quantitative estimate of drug-likeness (QED) is 0.806. The van der Waals surface area contributed by atoms with Crippen LogP contribution in [0.4, 0.5) is 5.69 Å². The molecule has 0 aliphatic carbocycles. The van der Waals surface area contributed by atoms with Crippen LogP contribution < -0.4 is 4.90 Å². The first-order chi connectivity index (χ1) is 11.3. The second-order valence-electron chi connectivity index (χ2n) is 6.18. The minimum absolute atomic E-state index is 0.0850. The van der Waals surface area contributed by atoms with Gasteiger partial charge in [-0.3, -0.25) is 4.79 Å². The zero-order chi connectivity index (χ0) is 17.5. The largest absolute Gasteiger partial charge is 0.375 e. The van der Waals surface area contributed by atoms with Crippen LogP contribution in [0.15, 0.2) is 23.2 Å². The Balaban J connectivity index is 2.04. The first-order valence-electron chi connectivity index (χ1n) is 7.65. The first kappa shape index (κ1) is 17.4. The third-order valence-corrected chi connectivity index (χ3v) is 7.39. The summed E-state index contributed by atoms with van der Waals surface area (Å²) in [6.07, 6.45) is 0. The zero-order valence-corrected chi connectivity index (χ0v) is 15.5. The standard InChI is InChI=1S/C16H20N2O4S2/c1-10-4-5-11(2)12(6-10)18-13-8-24(20,21)9-14(13)23-16(18)17-15(19)7-22-3/h4-6,13-14H,7-9H2,1-3H3/t13-,14-/m1/s1. The Morgan fingerprint density at radius 3 is 2.83 bits per heavy atom. The maximum absolute atomic E-state index is 12.0. The summed E-state index contributed by atoms with van der Waals surface area (Å²) in [5.74, 6) is -0.144. The predicted octanol–water partition coefficient (Wildman–Crippen LogP) is 1.55. The number of sulfone groups is 1. The number of methoxy groups -OCH3 is 1. The van der Waals surface area contributed by atoms with Crippen molar-refractivity contribution in [2.75, 3.05) is 30.1 Å². The molecule has 24 heavy (non-hydrogen) atoms. The van der Waals surface area contributed by atoms with Crippen LogP contribution in [0.1, 0.15) is 11.1 Å².